The topological polar surface area (TPSA) is 21.3 Å². The molecular formula is C11H19NOS. The standard InChI is InChI=1S/C11H19NOS/c1-11(2,13-4)10(12-3)7-9-5-6-14-8-9/h5-6,8,10,12H,7H2,1-4H3. The minimum atomic E-state index is -0.128. The highest BCUT2D eigenvalue weighted by Gasteiger charge is 2.27. The SMILES string of the molecule is CNC(Cc1ccsc1)C(C)(C)OC. The summed E-state index contributed by atoms with van der Waals surface area (Å²) in [4.78, 5) is 0. The number of rotatable bonds is 5. The van der Waals surface area contributed by atoms with Crippen LogP contribution in [0.4, 0.5) is 0 Å². The predicted octanol–water partition coefficient (Wildman–Crippen LogP) is 2.30. The van der Waals surface area contributed by atoms with Crippen molar-refractivity contribution in [2.75, 3.05) is 14.2 Å². The second kappa shape index (κ2) is 4.91. The molecule has 1 atom stereocenters. The molecule has 0 saturated carbocycles. The first-order chi connectivity index (χ1) is 6.60. The molecule has 0 aliphatic carbocycles. The van der Waals surface area contributed by atoms with Gasteiger partial charge in [0.1, 0.15) is 0 Å². The molecule has 2 nitrogen and oxygen atoms in total. The number of thiophene rings is 1. The van der Waals surface area contributed by atoms with Crippen molar-refractivity contribution in [3.8, 4) is 0 Å². The average Bonchev–Trinajstić information content (AvgIpc) is 2.66. The Morgan fingerprint density at radius 1 is 1.57 bits per heavy atom. The van der Waals surface area contributed by atoms with Gasteiger partial charge in [0.2, 0.25) is 0 Å². The number of nitrogens with one attached hydrogen (secondary N) is 1. The van der Waals surface area contributed by atoms with Crippen LogP contribution in [0.25, 0.3) is 0 Å². The first kappa shape index (κ1) is 11.7. The third-order valence-corrected chi connectivity index (χ3v) is 3.47. The van der Waals surface area contributed by atoms with Gasteiger partial charge in [-0.25, -0.2) is 0 Å². The molecule has 0 fully saturated rings. The molecule has 1 aromatic rings. The predicted molar refractivity (Wildman–Crippen MR) is 62.0 cm³/mol. The summed E-state index contributed by atoms with van der Waals surface area (Å²) < 4.78 is 5.48. The molecule has 0 amide bonds. The largest absolute Gasteiger partial charge is 0.377 e. The van der Waals surface area contributed by atoms with Gasteiger partial charge in [0, 0.05) is 13.2 Å². The molecule has 1 heterocycles. The van der Waals surface area contributed by atoms with Crippen LogP contribution in [-0.2, 0) is 11.2 Å². The lowest BCUT2D eigenvalue weighted by Crippen LogP contribution is -2.47. The molecule has 0 aliphatic rings. The van der Waals surface area contributed by atoms with E-state index >= 15 is 0 Å². The number of ether oxygens (including phenoxy) is 1. The van der Waals surface area contributed by atoms with E-state index in [-0.39, 0.29) is 5.60 Å². The Bertz CT molecular complexity index is 256. The van der Waals surface area contributed by atoms with Gasteiger partial charge in [0.15, 0.2) is 0 Å². The van der Waals surface area contributed by atoms with Crippen molar-refractivity contribution < 1.29 is 4.74 Å². The Morgan fingerprint density at radius 2 is 2.29 bits per heavy atom. The number of hydrogen-bond donors (Lipinski definition) is 1. The second-order valence-corrected chi connectivity index (χ2v) is 4.76. The van der Waals surface area contributed by atoms with E-state index in [9.17, 15) is 0 Å². The molecule has 0 spiro atoms. The van der Waals surface area contributed by atoms with E-state index in [0.717, 1.165) is 6.42 Å². The molecule has 1 rings (SSSR count). The van der Waals surface area contributed by atoms with E-state index < -0.39 is 0 Å². The van der Waals surface area contributed by atoms with Crippen molar-refractivity contribution in [2.24, 2.45) is 0 Å². The summed E-state index contributed by atoms with van der Waals surface area (Å²) in [6, 6.07) is 2.52. The van der Waals surface area contributed by atoms with Crippen molar-refractivity contribution >= 4 is 11.3 Å². The first-order valence-corrected chi connectivity index (χ1v) is 5.78. The summed E-state index contributed by atoms with van der Waals surface area (Å²) in [5, 5.41) is 7.61. The maximum absolute atomic E-state index is 5.48. The van der Waals surface area contributed by atoms with Crippen molar-refractivity contribution in [3.05, 3.63) is 22.4 Å². The van der Waals surface area contributed by atoms with Gasteiger partial charge in [-0.15, -0.1) is 0 Å². The van der Waals surface area contributed by atoms with Crippen molar-refractivity contribution in [2.45, 2.75) is 31.9 Å². The van der Waals surface area contributed by atoms with Crippen LogP contribution in [0.15, 0.2) is 16.8 Å². The summed E-state index contributed by atoms with van der Waals surface area (Å²) in [5.74, 6) is 0. The highest BCUT2D eigenvalue weighted by atomic mass is 32.1. The molecule has 0 radical (unpaired) electrons. The fourth-order valence-corrected chi connectivity index (χ4v) is 2.16. The Hall–Kier alpha value is -0.380. The van der Waals surface area contributed by atoms with Crippen LogP contribution < -0.4 is 5.32 Å². The zero-order valence-electron chi connectivity index (χ0n) is 9.33. The average molecular weight is 213 g/mol. The van der Waals surface area contributed by atoms with E-state index in [2.05, 4.69) is 36.0 Å². The summed E-state index contributed by atoms with van der Waals surface area (Å²) in [7, 11) is 3.75. The van der Waals surface area contributed by atoms with Crippen LogP contribution >= 0.6 is 11.3 Å². The van der Waals surface area contributed by atoms with Gasteiger partial charge >= 0.3 is 0 Å². The number of hydrogen-bond acceptors (Lipinski definition) is 3. The summed E-state index contributed by atoms with van der Waals surface area (Å²) in [6.45, 7) is 4.22. The van der Waals surface area contributed by atoms with Crippen LogP contribution in [0, 0.1) is 0 Å². The Kier molecular flexibility index (Phi) is 4.11. The van der Waals surface area contributed by atoms with Crippen LogP contribution in [-0.4, -0.2) is 25.8 Å². The molecule has 14 heavy (non-hydrogen) atoms. The second-order valence-electron chi connectivity index (χ2n) is 3.98. The molecule has 1 unspecified atom stereocenters. The Labute approximate surface area is 90.3 Å². The Morgan fingerprint density at radius 3 is 2.71 bits per heavy atom. The lowest BCUT2D eigenvalue weighted by atomic mass is 9.93. The maximum atomic E-state index is 5.48. The van der Waals surface area contributed by atoms with Crippen LogP contribution in [0.1, 0.15) is 19.4 Å². The van der Waals surface area contributed by atoms with Gasteiger partial charge in [-0.2, -0.15) is 11.3 Å². The van der Waals surface area contributed by atoms with Crippen molar-refractivity contribution in [1.82, 2.24) is 5.32 Å². The fourth-order valence-electron chi connectivity index (χ4n) is 1.48. The summed E-state index contributed by atoms with van der Waals surface area (Å²) in [6.07, 6.45) is 1.01. The molecular weight excluding hydrogens is 194 g/mol. The van der Waals surface area contributed by atoms with Gasteiger partial charge in [0.25, 0.3) is 0 Å². The monoisotopic (exact) mass is 213 g/mol. The zero-order chi connectivity index (χ0) is 10.6. The van der Waals surface area contributed by atoms with Gasteiger partial charge in [-0.3, -0.25) is 0 Å². The van der Waals surface area contributed by atoms with E-state index in [1.807, 2.05) is 7.05 Å². The van der Waals surface area contributed by atoms with Gasteiger partial charge in [-0.05, 0) is 49.7 Å². The van der Waals surface area contributed by atoms with E-state index in [1.165, 1.54) is 5.56 Å². The minimum absolute atomic E-state index is 0.128. The lowest BCUT2D eigenvalue weighted by molar-refractivity contribution is -0.00795. The van der Waals surface area contributed by atoms with E-state index in [1.54, 1.807) is 18.4 Å². The van der Waals surface area contributed by atoms with Crippen LogP contribution in [0.2, 0.25) is 0 Å². The van der Waals surface area contributed by atoms with Crippen LogP contribution in [0.3, 0.4) is 0 Å². The van der Waals surface area contributed by atoms with Crippen LogP contribution in [0.5, 0.6) is 0 Å². The first-order valence-electron chi connectivity index (χ1n) is 4.83. The van der Waals surface area contributed by atoms with Crippen molar-refractivity contribution in [1.29, 1.82) is 0 Å². The number of methoxy groups -OCH3 is 1. The smallest absolute Gasteiger partial charge is 0.0778 e. The fraction of sp³-hybridized carbons (Fsp3) is 0.636. The molecule has 0 bridgehead atoms. The molecule has 0 aromatic carbocycles. The number of likely N-dealkylation sites (N-methyl/N-ethyl adjacent to an activating group) is 1. The van der Waals surface area contributed by atoms with Gasteiger partial charge in [-0.1, -0.05) is 0 Å². The quantitative estimate of drug-likeness (QED) is 0.810. The summed E-state index contributed by atoms with van der Waals surface area (Å²) in [5.41, 5.74) is 1.25. The van der Waals surface area contributed by atoms with E-state index in [4.69, 9.17) is 4.74 Å². The van der Waals surface area contributed by atoms with Gasteiger partial charge < -0.3 is 10.1 Å². The highest BCUT2D eigenvalue weighted by molar-refractivity contribution is 7.07. The molecule has 3 heteroatoms. The molecule has 0 aliphatic heterocycles. The van der Waals surface area contributed by atoms with Crippen molar-refractivity contribution in [3.63, 3.8) is 0 Å². The third kappa shape index (κ3) is 2.80. The zero-order valence-corrected chi connectivity index (χ0v) is 10.1. The normalized spacial score (nSPS) is 14.3. The van der Waals surface area contributed by atoms with Gasteiger partial charge in [0.05, 0.1) is 5.60 Å². The molecule has 1 aromatic heterocycles. The third-order valence-electron chi connectivity index (χ3n) is 2.73. The minimum Gasteiger partial charge on any atom is -0.377 e. The summed E-state index contributed by atoms with van der Waals surface area (Å²) >= 11 is 1.74. The molecule has 80 valence electrons. The maximum Gasteiger partial charge on any atom is 0.0778 e. The van der Waals surface area contributed by atoms with E-state index in [0.29, 0.717) is 6.04 Å². The lowest BCUT2D eigenvalue weighted by Gasteiger charge is -2.32. The molecule has 1 N–H and O–H groups in total. The molecule has 0 saturated heterocycles. The highest BCUT2D eigenvalue weighted by Crippen LogP contribution is 2.18. The Balaban J connectivity index is 2.64.